The second-order valence-electron chi connectivity index (χ2n) is 5.12. The predicted octanol–water partition coefficient (Wildman–Crippen LogP) is -1.49. The zero-order valence-corrected chi connectivity index (χ0v) is 11.0. The molecule has 0 N–H and O–H groups in total. The van der Waals surface area contributed by atoms with E-state index in [-0.39, 0.29) is 45.2 Å². The van der Waals surface area contributed by atoms with E-state index in [0.29, 0.717) is 5.92 Å². The number of esters is 1. The Kier molecular flexibility index (Phi) is 2.47. The summed E-state index contributed by atoms with van der Waals surface area (Å²) >= 11 is -0.152. The SMILES string of the molecule is C[I-]OC12CC3CC(C1)OC(=O)C(C3)C2. The Morgan fingerprint density at radius 3 is 3.07 bits per heavy atom. The molecule has 0 aromatic carbocycles. The Morgan fingerprint density at radius 2 is 2.27 bits per heavy atom. The van der Waals surface area contributed by atoms with E-state index < -0.39 is 0 Å². The zero-order valence-electron chi connectivity index (χ0n) is 8.87. The molecule has 4 rings (SSSR count). The van der Waals surface area contributed by atoms with Crippen LogP contribution in [-0.2, 0) is 12.6 Å². The summed E-state index contributed by atoms with van der Waals surface area (Å²) in [5, 5.41) is 0. The first kappa shape index (κ1) is 10.3. The number of ether oxygens (including phenoxy) is 1. The Bertz CT molecular complexity index is 294. The number of halogens is 1. The summed E-state index contributed by atoms with van der Waals surface area (Å²) in [5.74, 6) is 0.846. The standard InChI is InChI=1S/C11H16IO3/c1-12-15-11-4-7-2-8(5-11)10(13)14-9(3-7)6-11/h7-9H,2-6H2,1H3/q-1. The molecule has 0 aromatic heterocycles. The molecule has 86 valence electrons. The summed E-state index contributed by atoms with van der Waals surface area (Å²) < 4.78 is 11.5. The summed E-state index contributed by atoms with van der Waals surface area (Å²) in [6, 6.07) is 0. The Balaban J connectivity index is 1.91. The average Bonchev–Trinajstić information content (AvgIpc) is 2.29. The van der Waals surface area contributed by atoms with Crippen molar-refractivity contribution in [2.24, 2.45) is 11.8 Å². The third-order valence-electron chi connectivity index (χ3n) is 3.95. The molecule has 0 spiro atoms. The van der Waals surface area contributed by atoms with Gasteiger partial charge in [0.05, 0.1) is 0 Å². The Morgan fingerprint density at radius 1 is 1.40 bits per heavy atom. The van der Waals surface area contributed by atoms with Crippen LogP contribution in [0, 0.1) is 11.8 Å². The van der Waals surface area contributed by atoms with E-state index in [0.717, 1.165) is 25.7 Å². The van der Waals surface area contributed by atoms with Crippen LogP contribution in [0.1, 0.15) is 32.1 Å². The van der Waals surface area contributed by atoms with Gasteiger partial charge in [0, 0.05) is 0 Å². The number of carbonyl (C=O) groups is 1. The van der Waals surface area contributed by atoms with Gasteiger partial charge in [-0.1, -0.05) is 0 Å². The molecule has 4 heteroatoms. The minimum atomic E-state index is -0.152. The predicted molar refractivity (Wildman–Crippen MR) is 49.7 cm³/mol. The molecule has 2 heterocycles. The van der Waals surface area contributed by atoms with Crippen LogP contribution in [0.2, 0.25) is 0 Å². The number of carbonyl (C=O) groups excluding carboxylic acids is 1. The van der Waals surface area contributed by atoms with Gasteiger partial charge in [0.25, 0.3) is 0 Å². The van der Waals surface area contributed by atoms with Crippen molar-refractivity contribution in [3.63, 3.8) is 0 Å². The summed E-state index contributed by atoms with van der Waals surface area (Å²) in [6.45, 7) is 0. The van der Waals surface area contributed by atoms with Gasteiger partial charge in [-0.2, -0.15) is 0 Å². The maximum absolute atomic E-state index is 11.7. The van der Waals surface area contributed by atoms with Crippen molar-refractivity contribution in [1.29, 1.82) is 0 Å². The molecule has 0 radical (unpaired) electrons. The normalized spacial score (nSPS) is 48.1. The van der Waals surface area contributed by atoms with E-state index in [9.17, 15) is 4.79 Å². The van der Waals surface area contributed by atoms with Gasteiger partial charge in [0.2, 0.25) is 0 Å². The van der Waals surface area contributed by atoms with Crippen molar-refractivity contribution < 1.29 is 34.2 Å². The minimum absolute atomic E-state index is 0.0185. The fourth-order valence-electron chi connectivity index (χ4n) is 3.63. The molecule has 0 amide bonds. The third-order valence-corrected chi connectivity index (χ3v) is 5.32. The first-order valence-electron chi connectivity index (χ1n) is 5.59. The van der Waals surface area contributed by atoms with Crippen LogP contribution >= 0.6 is 0 Å². The van der Waals surface area contributed by atoms with Crippen molar-refractivity contribution in [3.8, 4) is 0 Å². The molecule has 2 aliphatic carbocycles. The van der Waals surface area contributed by atoms with Crippen LogP contribution in [0.3, 0.4) is 0 Å². The van der Waals surface area contributed by atoms with Crippen LogP contribution < -0.4 is 21.6 Å². The van der Waals surface area contributed by atoms with Gasteiger partial charge in [-0.05, 0) is 0 Å². The van der Waals surface area contributed by atoms with Crippen molar-refractivity contribution in [3.05, 3.63) is 0 Å². The van der Waals surface area contributed by atoms with E-state index in [2.05, 4.69) is 4.93 Å². The monoisotopic (exact) mass is 323 g/mol. The van der Waals surface area contributed by atoms with Crippen LogP contribution in [0.15, 0.2) is 0 Å². The molecule has 2 aliphatic heterocycles. The van der Waals surface area contributed by atoms with Crippen LogP contribution in [0.25, 0.3) is 0 Å². The van der Waals surface area contributed by atoms with Crippen LogP contribution in [-0.4, -0.2) is 22.6 Å². The van der Waals surface area contributed by atoms with Gasteiger partial charge in [0.15, 0.2) is 0 Å². The maximum atomic E-state index is 11.7. The second-order valence-corrected chi connectivity index (χ2v) is 6.44. The van der Waals surface area contributed by atoms with Crippen molar-refractivity contribution in [2.45, 2.75) is 43.8 Å². The summed E-state index contributed by atoms with van der Waals surface area (Å²) in [6.07, 6.45) is 5.33. The number of hydrogen-bond acceptors (Lipinski definition) is 3. The van der Waals surface area contributed by atoms with Gasteiger partial charge >= 0.3 is 101 Å². The van der Waals surface area contributed by atoms with E-state index >= 15 is 0 Å². The topological polar surface area (TPSA) is 35.5 Å². The van der Waals surface area contributed by atoms with Gasteiger partial charge in [-0.25, -0.2) is 0 Å². The molecular weight excluding hydrogens is 307 g/mol. The molecular formula is C11H16IO3-. The number of fused-ring (bicyclic) bond motifs is 1. The first-order chi connectivity index (χ1) is 7.21. The molecule has 3 nitrogen and oxygen atoms in total. The molecule has 4 fully saturated rings. The molecule has 4 bridgehead atoms. The van der Waals surface area contributed by atoms with E-state index in [4.69, 9.17) is 7.80 Å². The van der Waals surface area contributed by atoms with Crippen molar-refractivity contribution in [1.82, 2.24) is 0 Å². The quantitative estimate of drug-likeness (QED) is 0.353. The summed E-state index contributed by atoms with van der Waals surface area (Å²) in [5.41, 5.74) is 0.0185. The molecule has 4 unspecified atom stereocenters. The number of hydrogen-bond donors (Lipinski definition) is 0. The Labute approximate surface area is 101 Å². The first-order valence-corrected chi connectivity index (χ1v) is 8.63. The van der Waals surface area contributed by atoms with Gasteiger partial charge in [0.1, 0.15) is 0 Å². The molecule has 2 saturated heterocycles. The van der Waals surface area contributed by atoms with Crippen molar-refractivity contribution >= 4 is 5.97 Å². The summed E-state index contributed by atoms with van der Waals surface area (Å²) in [4.78, 5) is 13.9. The summed E-state index contributed by atoms with van der Waals surface area (Å²) in [7, 11) is 0. The van der Waals surface area contributed by atoms with Crippen LogP contribution in [0.5, 0.6) is 0 Å². The fraction of sp³-hybridized carbons (Fsp3) is 0.909. The Hall–Kier alpha value is 0.160. The molecule has 4 atom stereocenters. The van der Waals surface area contributed by atoms with E-state index in [1.807, 2.05) is 0 Å². The molecule has 4 aliphatic rings. The second kappa shape index (κ2) is 3.58. The van der Waals surface area contributed by atoms with E-state index in [1.165, 1.54) is 6.42 Å². The van der Waals surface area contributed by atoms with Gasteiger partial charge < -0.3 is 0 Å². The number of alkyl halides is 1. The van der Waals surface area contributed by atoms with E-state index in [1.54, 1.807) is 0 Å². The van der Waals surface area contributed by atoms with Gasteiger partial charge in [-0.3, -0.25) is 0 Å². The molecule has 2 saturated carbocycles. The van der Waals surface area contributed by atoms with Crippen LogP contribution in [0.4, 0.5) is 0 Å². The van der Waals surface area contributed by atoms with Crippen molar-refractivity contribution in [2.75, 3.05) is 4.93 Å². The molecule has 0 aromatic rings. The number of rotatable bonds is 2. The van der Waals surface area contributed by atoms with Gasteiger partial charge in [-0.15, -0.1) is 0 Å². The molecule has 15 heavy (non-hydrogen) atoms. The fourth-order valence-corrected chi connectivity index (χ4v) is 5.11. The zero-order chi connectivity index (χ0) is 10.5. The third kappa shape index (κ3) is 1.69. The average molecular weight is 323 g/mol.